The summed E-state index contributed by atoms with van der Waals surface area (Å²) in [4.78, 5) is 36.3. The van der Waals surface area contributed by atoms with Crippen LogP contribution in [0.1, 0.15) is 46.4 Å². The van der Waals surface area contributed by atoms with Gasteiger partial charge >= 0.3 is 0 Å². The van der Waals surface area contributed by atoms with Crippen molar-refractivity contribution < 1.29 is 18.7 Å². The topological polar surface area (TPSA) is 103 Å². The van der Waals surface area contributed by atoms with Gasteiger partial charge in [-0.15, -0.1) is 0 Å². The fraction of sp³-hybridized carbons (Fsp3) is 0.278. The van der Waals surface area contributed by atoms with Crippen LogP contribution in [0.3, 0.4) is 0 Å². The minimum atomic E-state index is -0.689. The number of imide groups is 1. The zero-order valence-electron chi connectivity index (χ0n) is 13.8. The first kappa shape index (κ1) is 16.3. The third-order valence-corrected chi connectivity index (χ3v) is 4.71. The zero-order valence-corrected chi connectivity index (χ0v) is 13.8. The molecule has 2 heterocycles. The largest absolute Gasteiger partial charge is 0.488 e. The molecular formula is C18H16FN3O4. The molecule has 0 unspecified atom stereocenters. The van der Waals surface area contributed by atoms with Crippen molar-refractivity contribution in [3.63, 3.8) is 0 Å². The molecule has 4 rings (SSSR count). The summed E-state index contributed by atoms with van der Waals surface area (Å²) in [6.45, 7) is 0. The maximum Gasteiger partial charge on any atom is 0.262 e. The third kappa shape index (κ3) is 2.54. The SMILES string of the molecule is Nc1c2c(cc(=O)n1-c1cc(F)ccc1OC1CCCC1)C(=O)NC2=O. The Bertz CT molecular complexity index is 993. The Morgan fingerprint density at radius 2 is 1.85 bits per heavy atom. The standard InChI is InChI=1S/C18H16FN3O4/c19-9-5-6-13(26-10-3-1-2-4-10)12(7-9)22-14(23)8-11-15(16(22)20)18(25)21-17(11)24/h5-8,10H,1-4,20H2,(H,21,24,25). The number of benzene rings is 1. The van der Waals surface area contributed by atoms with Crippen molar-refractivity contribution in [3.8, 4) is 11.4 Å². The number of anilines is 1. The fourth-order valence-electron chi connectivity index (χ4n) is 3.48. The molecule has 26 heavy (non-hydrogen) atoms. The summed E-state index contributed by atoms with van der Waals surface area (Å²) in [5, 5.41) is 2.10. The van der Waals surface area contributed by atoms with Crippen molar-refractivity contribution in [2.24, 2.45) is 0 Å². The van der Waals surface area contributed by atoms with E-state index in [0.29, 0.717) is 5.75 Å². The zero-order chi connectivity index (χ0) is 18.4. The lowest BCUT2D eigenvalue weighted by Crippen LogP contribution is -2.25. The van der Waals surface area contributed by atoms with Crippen LogP contribution < -0.4 is 21.3 Å². The van der Waals surface area contributed by atoms with Gasteiger partial charge in [0.05, 0.1) is 22.9 Å². The first-order valence-electron chi connectivity index (χ1n) is 8.33. The Hall–Kier alpha value is -3.16. The number of hydrogen-bond donors (Lipinski definition) is 2. The van der Waals surface area contributed by atoms with Crippen LogP contribution in [0.5, 0.6) is 5.75 Å². The summed E-state index contributed by atoms with van der Waals surface area (Å²) >= 11 is 0. The number of nitrogen functional groups attached to an aromatic ring is 1. The number of amides is 2. The summed E-state index contributed by atoms with van der Waals surface area (Å²) in [6, 6.07) is 4.82. The number of rotatable bonds is 3. The molecule has 0 radical (unpaired) electrons. The smallest absolute Gasteiger partial charge is 0.262 e. The fourth-order valence-corrected chi connectivity index (χ4v) is 3.48. The number of hydrogen-bond acceptors (Lipinski definition) is 5. The molecule has 134 valence electrons. The number of nitrogens with two attached hydrogens (primary N) is 1. The van der Waals surface area contributed by atoms with E-state index in [1.165, 1.54) is 12.1 Å². The number of aromatic nitrogens is 1. The second-order valence-electron chi connectivity index (χ2n) is 6.41. The monoisotopic (exact) mass is 357 g/mol. The highest BCUT2D eigenvalue weighted by Crippen LogP contribution is 2.31. The van der Waals surface area contributed by atoms with Crippen molar-refractivity contribution in [2.45, 2.75) is 31.8 Å². The van der Waals surface area contributed by atoms with E-state index >= 15 is 0 Å². The Balaban J connectivity index is 1.89. The van der Waals surface area contributed by atoms with Gasteiger partial charge < -0.3 is 10.5 Å². The summed E-state index contributed by atoms with van der Waals surface area (Å²) in [5.74, 6) is -1.87. The average Bonchev–Trinajstić information content (AvgIpc) is 3.18. The molecular weight excluding hydrogens is 341 g/mol. The van der Waals surface area contributed by atoms with Crippen LogP contribution in [0, 0.1) is 5.82 Å². The Morgan fingerprint density at radius 1 is 1.12 bits per heavy atom. The van der Waals surface area contributed by atoms with Gasteiger partial charge in [-0.25, -0.2) is 4.39 Å². The van der Waals surface area contributed by atoms with Gasteiger partial charge in [0, 0.05) is 12.1 Å². The number of carbonyl (C=O) groups excluding carboxylic acids is 2. The van der Waals surface area contributed by atoms with Gasteiger partial charge in [0.15, 0.2) is 0 Å². The molecule has 1 saturated carbocycles. The van der Waals surface area contributed by atoms with E-state index in [4.69, 9.17) is 10.5 Å². The van der Waals surface area contributed by atoms with Crippen LogP contribution in [0.4, 0.5) is 10.2 Å². The Labute approximate surface area is 147 Å². The molecule has 1 fully saturated rings. The lowest BCUT2D eigenvalue weighted by Gasteiger charge is -2.19. The molecule has 2 amide bonds. The van der Waals surface area contributed by atoms with Crippen LogP contribution in [0.25, 0.3) is 5.69 Å². The maximum absolute atomic E-state index is 13.9. The molecule has 2 aromatic rings. The molecule has 0 spiro atoms. The normalized spacial score (nSPS) is 16.7. The summed E-state index contributed by atoms with van der Waals surface area (Å²) in [7, 11) is 0. The van der Waals surface area contributed by atoms with Crippen molar-refractivity contribution in [1.82, 2.24) is 9.88 Å². The maximum atomic E-state index is 13.9. The van der Waals surface area contributed by atoms with Crippen LogP contribution >= 0.6 is 0 Å². The Kier molecular flexibility index (Phi) is 3.75. The quantitative estimate of drug-likeness (QED) is 0.815. The molecule has 0 atom stereocenters. The Morgan fingerprint density at radius 3 is 2.58 bits per heavy atom. The number of halogens is 1. The van der Waals surface area contributed by atoms with Gasteiger partial charge in [-0.3, -0.25) is 24.3 Å². The van der Waals surface area contributed by atoms with E-state index in [9.17, 15) is 18.8 Å². The van der Waals surface area contributed by atoms with Crippen LogP contribution in [-0.4, -0.2) is 22.5 Å². The lowest BCUT2D eigenvalue weighted by molar-refractivity contribution is 0.0880. The number of carbonyl (C=O) groups is 2. The highest BCUT2D eigenvalue weighted by Gasteiger charge is 2.32. The second-order valence-corrected chi connectivity index (χ2v) is 6.41. The molecule has 1 aromatic carbocycles. The molecule has 7 nitrogen and oxygen atoms in total. The summed E-state index contributed by atoms with van der Waals surface area (Å²) < 4.78 is 20.8. The van der Waals surface area contributed by atoms with E-state index in [1.54, 1.807) is 0 Å². The number of nitrogens with one attached hydrogen (secondary N) is 1. The van der Waals surface area contributed by atoms with Crippen LogP contribution in [0.15, 0.2) is 29.1 Å². The first-order valence-corrected chi connectivity index (χ1v) is 8.33. The van der Waals surface area contributed by atoms with Crippen LogP contribution in [-0.2, 0) is 0 Å². The van der Waals surface area contributed by atoms with E-state index in [-0.39, 0.29) is 28.7 Å². The lowest BCUT2D eigenvalue weighted by atomic mass is 10.1. The predicted octanol–water partition coefficient (Wildman–Crippen LogP) is 1.76. The molecule has 1 aromatic heterocycles. The highest BCUT2D eigenvalue weighted by atomic mass is 19.1. The molecule has 0 saturated heterocycles. The molecule has 8 heteroatoms. The van der Waals surface area contributed by atoms with Gasteiger partial charge in [-0.2, -0.15) is 0 Å². The van der Waals surface area contributed by atoms with Crippen molar-refractivity contribution >= 4 is 17.6 Å². The van der Waals surface area contributed by atoms with Gasteiger partial charge in [0.2, 0.25) is 0 Å². The summed E-state index contributed by atoms with van der Waals surface area (Å²) in [5.41, 5.74) is 5.31. The molecule has 1 aliphatic heterocycles. The molecule has 0 bridgehead atoms. The van der Waals surface area contributed by atoms with E-state index in [2.05, 4.69) is 5.32 Å². The minimum Gasteiger partial charge on any atom is -0.488 e. The van der Waals surface area contributed by atoms with Crippen molar-refractivity contribution in [3.05, 3.63) is 51.6 Å². The molecule has 3 N–H and O–H groups in total. The molecule has 1 aliphatic carbocycles. The highest BCUT2D eigenvalue weighted by molar-refractivity contribution is 6.23. The first-order chi connectivity index (χ1) is 12.5. The minimum absolute atomic E-state index is 0.0181. The molecule has 2 aliphatic rings. The van der Waals surface area contributed by atoms with E-state index < -0.39 is 23.2 Å². The third-order valence-electron chi connectivity index (χ3n) is 4.71. The van der Waals surface area contributed by atoms with Crippen LogP contribution in [0.2, 0.25) is 0 Å². The van der Waals surface area contributed by atoms with Gasteiger partial charge in [-0.1, -0.05) is 0 Å². The van der Waals surface area contributed by atoms with Gasteiger partial charge in [0.25, 0.3) is 17.4 Å². The number of fused-ring (bicyclic) bond motifs is 1. The second kappa shape index (κ2) is 5.98. The number of ether oxygens (including phenoxy) is 1. The van der Waals surface area contributed by atoms with Gasteiger partial charge in [0.1, 0.15) is 17.4 Å². The van der Waals surface area contributed by atoms with E-state index in [0.717, 1.165) is 42.4 Å². The summed E-state index contributed by atoms with van der Waals surface area (Å²) in [6.07, 6.45) is 3.83. The van der Waals surface area contributed by atoms with Crippen molar-refractivity contribution in [1.29, 1.82) is 0 Å². The number of pyridine rings is 1. The predicted molar refractivity (Wildman–Crippen MR) is 91.1 cm³/mol. The van der Waals surface area contributed by atoms with Crippen molar-refractivity contribution in [2.75, 3.05) is 5.73 Å². The number of nitrogens with zero attached hydrogens (tertiary/aromatic N) is 1. The average molecular weight is 357 g/mol. The van der Waals surface area contributed by atoms with Gasteiger partial charge in [-0.05, 0) is 37.8 Å². The van der Waals surface area contributed by atoms with E-state index in [1.807, 2.05) is 0 Å².